The van der Waals surface area contributed by atoms with E-state index in [1.165, 1.54) is 83.5 Å². The number of aliphatic hydroxyl groups is 1. The number of rotatable bonds is 79. The lowest BCUT2D eigenvalue weighted by molar-refractivity contribution is -0.161. The first-order valence-electron chi connectivity index (χ1n) is 42.4. The molecule has 5 atom stereocenters. The predicted octanol–water partition coefficient (Wildman–Crippen LogP) is 25.2. The molecule has 0 aliphatic heterocycles. The predicted molar refractivity (Wildman–Crippen MR) is 445 cm³/mol. The van der Waals surface area contributed by atoms with Gasteiger partial charge in [0.2, 0.25) is 0 Å². The van der Waals surface area contributed by atoms with Gasteiger partial charge in [0.05, 0.1) is 26.4 Å². The normalized spacial score (nSPS) is 14.5. The summed E-state index contributed by atoms with van der Waals surface area (Å²) < 4.78 is 68.8. The Labute approximate surface area is 656 Å². The monoisotopic (exact) mass is 1560 g/mol. The molecule has 0 heterocycles. The lowest BCUT2D eigenvalue weighted by Gasteiger charge is -2.21. The van der Waals surface area contributed by atoms with Gasteiger partial charge < -0.3 is 33.8 Å². The van der Waals surface area contributed by atoms with Crippen LogP contribution < -0.4 is 0 Å². The van der Waals surface area contributed by atoms with Crippen LogP contribution in [-0.4, -0.2) is 96.7 Å². The van der Waals surface area contributed by atoms with Gasteiger partial charge in [-0.3, -0.25) is 37.3 Å². The summed E-state index contributed by atoms with van der Waals surface area (Å²) in [4.78, 5) is 73.2. The summed E-state index contributed by atoms with van der Waals surface area (Å²) in [6.07, 6.45) is 91.2. The van der Waals surface area contributed by atoms with Crippen LogP contribution in [0.5, 0.6) is 0 Å². The Morgan fingerprint density at radius 2 is 0.481 bits per heavy atom. The minimum Gasteiger partial charge on any atom is -0.462 e. The molecule has 0 saturated heterocycles. The van der Waals surface area contributed by atoms with Crippen LogP contribution in [0.15, 0.2) is 134 Å². The van der Waals surface area contributed by atoms with Crippen molar-refractivity contribution in [2.24, 2.45) is 0 Å². The molecular formula is C89H152O17P2. The number of phosphoric acid groups is 2. The van der Waals surface area contributed by atoms with Crippen molar-refractivity contribution < 1.29 is 80.2 Å². The average Bonchev–Trinajstić information content (AvgIpc) is 0.923. The molecule has 0 aliphatic rings. The maximum atomic E-state index is 13.1. The van der Waals surface area contributed by atoms with Crippen LogP contribution in [0.1, 0.15) is 349 Å². The second kappa shape index (κ2) is 80.3. The summed E-state index contributed by atoms with van der Waals surface area (Å²) in [7, 11) is -9.98. The van der Waals surface area contributed by atoms with Gasteiger partial charge in [0.25, 0.3) is 0 Å². The molecule has 0 spiro atoms. The topological polar surface area (TPSA) is 237 Å². The van der Waals surface area contributed by atoms with E-state index in [0.29, 0.717) is 25.7 Å². The lowest BCUT2D eigenvalue weighted by Crippen LogP contribution is -2.30. The molecule has 5 unspecified atom stereocenters. The number of carbonyl (C=O) groups is 4. The summed E-state index contributed by atoms with van der Waals surface area (Å²) in [6, 6.07) is 0. The standard InChI is InChI=1S/C89H152O17P2/c1-5-9-13-17-21-25-29-33-37-39-41-43-47-49-53-57-61-65-69-73-86(91)99-79-84(105-88(93)75-71-67-63-59-55-51-45-35-31-27-23-19-15-11-7-3)81-103-107(95,96)101-77-83(90)78-102-108(97,98)104-82-85(106-89(94)76-72-68-64-60-56-52-46-36-32-28-24-20-16-12-8-4)80-100-87(92)74-70-66-62-58-54-50-48-44-42-40-38-34-30-26-22-18-14-10-6-2/h9-10,13-14,21-23,25-27,33-35,37-38,41-45,50,54,83-85,90H,5-8,11-12,15-20,24,28-32,36,39-40,46-49,51-53,55-82H2,1-4H3,(H,95,96)(H,97,98)/b13-9-,14-10-,25-21-,26-22-,27-23-,37-33-,38-34-,43-41-,44-42-,45-35-,54-50-. The zero-order chi connectivity index (χ0) is 78.9. The molecule has 108 heavy (non-hydrogen) atoms. The molecule has 0 aromatic carbocycles. The Morgan fingerprint density at radius 3 is 0.769 bits per heavy atom. The van der Waals surface area contributed by atoms with E-state index in [0.717, 1.165) is 186 Å². The molecule has 3 N–H and O–H groups in total. The molecule has 0 radical (unpaired) electrons. The zero-order valence-electron chi connectivity index (χ0n) is 68.0. The SMILES string of the molecule is CC/C=C\C/C=C\C/C=C\C/C=C\C/C=C\CCCCCC(=O)OCC(COP(=O)(O)OCC(O)COP(=O)(O)OCC(COC(=O)CCCCCCCC/C=C\C/C=C\C/C=C\C/C=C\CC)OC(=O)CCCCCCC/C=C\C/C=C\CCCCC)OC(=O)CCCCCCCCCCCCCCCCC. The van der Waals surface area contributed by atoms with Crippen molar-refractivity contribution in [2.45, 2.75) is 367 Å². The van der Waals surface area contributed by atoms with Crippen LogP contribution in [-0.2, 0) is 65.4 Å². The fourth-order valence-corrected chi connectivity index (χ4v) is 12.8. The minimum absolute atomic E-state index is 0.0729. The van der Waals surface area contributed by atoms with Crippen molar-refractivity contribution >= 4 is 39.5 Å². The van der Waals surface area contributed by atoms with Crippen molar-refractivity contribution in [3.8, 4) is 0 Å². The molecule has 0 rings (SSSR count). The highest BCUT2D eigenvalue weighted by Gasteiger charge is 2.30. The van der Waals surface area contributed by atoms with Crippen LogP contribution in [0.3, 0.4) is 0 Å². The number of ether oxygens (including phenoxy) is 4. The molecule has 0 bridgehead atoms. The number of aliphatic hydroxyl groups excluding tert-OH is 1. The van der Waals surface area contributed by atoms with E-state index in [1.807, 2.05) is 0 Å². The Bertz CT molecular complexity index is 2560. The summed E-state index contributed by atoms with van der Waals surface area (Å²) in [5.41, 5.74) is 0. The molecule has 17 nitrogen and oxygen atoms in total. The van der Waals surface area contributed by atoms with Crippen LogP contribution in [0.25, 0.3) is 0 Å². The first-order valence-corrected chi connectivity index (χ1v) is 45.4. The van der Waals surface area contributed by atoms with Crippen molar-refractivity contribution in [1.82, 2.24) is 0 Å². The second-order valence-corrected chi connectivity index (χ2v) is 30.9. The van der Waals surface area contributed by atoms with Crippen LogP contribution in [0.2, 0.25) is 0 Å². The van der Waals surface area contributed by atoms with E-state index < -0.39 is 97.5 Å². The van der Waals surface area contributed by atoms with Gasteiger partial charge in [-0.2, -0.15) is 0 Å². The van der Waals surface area contributed by atoms with Crippen molar-refractivity contribution in [3.63, 3.8) is 0 Å². The van der Waals surface area contributed by atoms with Gasteiger partial charge in [0.15, 0.2) is 12.2 Å². The average molecular weight is 1560 g/mol. The number of phosphoric ester groups is 2. The third-order valence-electron chi connectivity index (χ3n) is 17.6. The number of unbranched alkanes of at least 4 members (excludes halogenated alkanes) is 31. The highest BCUT2D eigenvalue weighted by Crippen LogP contribution is 2.45. The zero-order valence-corrected chi connectivity index (χ0v) is 69.8. The van der Waals surface area contributed by atoms with E-state index in [-0.39, 0.29) is 25.7 Å². The van der Waals surface area contributed by atoms with Crippen molar-refractivity contribution in [2.75, 3.05) is 39.6 Å². The summed E-state index contributed by atoms with van der Waals surface area (Å²) >= 11 is 0. The van der Waals surface area contributed by atoms with Gasteiger partial charge in [0, 0.05) is 25.7 Å². The van der Waals surface area contributed by atoms with Crippen LogP contribution >= 0.6 is 15.6 Å². The van der Waals surface area contributed by atoms with E-state index in [1.54, 1.807) is 0 Å². The first kappa shape index (κ1) is 103. The third kappa shape index (κ3) is 79.3. The molecule has 0 saturated carbocycles. The maximum absolute atomic E-state index is 13.1. The number of esters is 4. The van der Waals surface area contributed by atoms with E-state index in [2.05, 4.69) is 161 Å². The van der Waals surface area contributed by atoms with Gasteiger partial charge in [-0.25, -0.2) is 9.13 Å². The highest BCUT2D eigenvalue weighted by molar-refractivity contribution is 7.47. The van der Waals surface area contributed by atoms with E-state index >= 15 is 0 Å². The van der Waals surface area contributed by atoms with Gasteiger partial charge >= 0.3 is 39.5 Å². The smallest absolute Gasteiger partial charge is 0.462 e. The molecule has 0 aliphatic carbocycles. The fraction of sp³-hybridized carbons (Fsp3) is 0.708. The Morgan fingerprint density at radius 1 is 0.269 bits per heavy atom. The number of allylic oxidation sites excluding steroid dienone is 22. The largest absolute Gasteiger partial charge is 0.472 e. The number of carbonyl (C=O) groups excluding carboxylic acids is 4. The highest BCUT2D eigenvalue weighted by atomic mass is 31.2. The molecule has 0 aromatic heterocycles. The van der Waals surface area contributed by atoms with E-state index in [9.17, 15) is 43.2 Å². The van der Waals surface area contributed by atoms with Crippen LogP contribution in [0, 0.1) is 0 Å². The Hall–Kier alpha value is -4.80. The Kier molecular flexibility index (Phi) is 76.7. The molecule has 0 fully saturated rings. The van der Waals surface area contributed by atoms with Gasteiger partial charge in [-0.1, -0.05) is 315 Å². The van der Waals surface area contributed by atoms with Gasteiger partial charge in [-0.05, 0) is 141 Å². The number of hydrogen-bond acceptors (Lipinski definition) is 15. The molecule has 19 heteroatoms. The third-order valence-corrected chi connectivity index (χ3v) is 19.5. The molecule has 0 aromatic rings. The molecule has 0 amide bonds. The summed E-state index contributed by atoms with van der Waals surface area (Å²) in [6.45, 7) is 4.60. The molecular weight excluding hydrogens is 1400 g/mol. The Balaban J connectivity index is 5.41. The first-order chi connectivity index (χ1) is 52.7. The van der Waals surface area contributed by atoms with E-state index in [4.69, 9.17) is 37.0 Å². The molecule has 620 valence electrons. The van der Waals surface area contributed by atoms with Crippen molar-refractivity contribution in [3.05, 3.63) is 134 Å². The second-order valence-electron chi connectivity index (χ2n) is 28.0. The number of hydrogen-bond donors (Lipinski definition) is 3. The quantitative estimate of drug-likeness (QED) is 0.0169. The van der Waals surface area contributed by atoms with Crippen LogP contribution in [0.4, 0.5) is 0 Å². The maximum Gasteiger partial charge on any atom is 0.472 e. The fourth-order valence-electron chi connectivity index (χ4n) is 11.2. The van der Waals surface area contributed by atoms with Crippen molar-refractivity contribution in [1.29, 1.82) is 0 Å². The summed E-state index contributed by atoms with van der Waals surface area (Å²) in [5.74, 6) is -2.23. The lowest BCUT2D eigenvalue weighted by atomic mass is 10.0. The van der Waals surface area contributed by atoms with Gasteiger partial charge in [0.1, 0.15) is 19.3 Å². The minimum atomic E-state index is -4.99. The van der Waals surface area contributed by atoms with Gasteiger partial charge in [-0.15, -0.1) is 0 Å². The summed E-state index contributed by atoms with van der Waals surface area (Å²) in [5, 5.41) is 10.7.